The first-order valence-corrected chi connectivity index (χ1v) is 12.0. The van der Waals surface area contributed by atoms with Crippen molar-refractivity contribution in [3.63, 3.8) is 0 Å². The van der Waals surface area contributed by atoms with Gasteiger partial charge in [-0.05, 0) is 76.4 Å². The van der Waals surface area contributed by atoms with E-state index < -0.39 is 0 Å². The van der Waals surface area contributed by atoms with E-state index in [-0.39, 0.29) is 18.1 Å². The third-order valence-corrected chi connectivity index (χ3v) is 6.20. The summed E-state index contributed by atoms with van der Waals surface area (Å²) in [4.78, 5) is 22.4. The molecule has 1 aliphatic carbocycles. The molecule has 7 nitrogen and oxygen atoms in total. The van der Waals surface area contributed by atoms with E-state index in [9.17, 15) is 4.79 Å². The second-order valence-corrected chi connectivity index (χ2v) is 9.39. The molecular formula is C27H31N5O2. The molecule has 1 aliphatic rings. The molecule has 7 heteroatoms. The van der Waals surface area contributed by atoms with Crippen LogP contribution in [-0.4, -0.2) is 31.2 Å². The average Bonchev–Trinajstić information content (AvgIpc) is 3.47. The van der Waals surface area contributed by atoms with E-state index in [0.717, 1.165) is 65.1 Å². The van der Waals surface area contributed by atoms with Crippen molar-refractivity contribution in [2.45, 2.75) is 64.8 Å². The molecule has 4 aromatic rings. The molecule has 0 radical (unpaired) electrons. The van der Waals surface area contributed by atoms with Crippen LogP contribution in [0, 0.1) is 0 Å². The number of aryl methyl sites for hydroxylation is 1. The lowest BCUT2D eigenvalue weighted by Crippen LogP contribution is -2.11. The Hall–Kier alpha value is -3.45. The standard InChI is InChI=1S/C27H31N5O2/c1-5-6-13-31-24(15-18-7-11-21(17(4)28)29-25(18)31)26-30-22-14-19(27(33)34-16(2)3)8-12-23(22)32(26)20-9-10-20/h5,7-8,11-12,14-17,20H,1,6,9-10,13,28H2,2-4H3/t17-/m1/s1. The fourth-order valence-corrected chi connectivity index (χ4v) is 4.42. The smallest absolute Gasteiger partial charge is 0.338 e. The van der Waals surface area contributed by atoms with Crippen molar-refractivity contribution in [2.24, 2.45) is 5.73 Å². The van der Waals surface area contributed by atoms with Gasteiger partial charge in [0.15, 0.2) is 5.82 Å². The molecule has 1 atom stereocenters. The van der Waals surface area contributed by atoms with Crippen LogP contribution in [0.1, 0.15) is 68.2 Å². The molecule has 0 saturated heterocycles. The summed E-state index contributed by atoms with van der Waals surface area (Å²) in [5.74, 6) is 0.573. The molecule has 3 aromatic heterocycles. The molecule has 1 aromatic carbocycles. The molecule has 0 amide bonds. The summed E-state index contributed by atoms with van der Waals surface area (Å²) in [5, 5.41) is 1.05. The number of allylic oxidation sites excluding steroid dienone is 1. The Morgan fingerprint density at radius 3 is 2.68 bits per heavy atom. The Bertz CT molecular complexity index is 1390. The minimum Gasteiger partial charge on any atom is -0.459 e. The number of hydrogen-bond acceptors (Lipinski definition) is 5. The first-order valence-electron chi connectivity index (χ1n) is 12.0. The van der Waals surface area contributed by atoms with Crippen LogP contribution in [0.25, 0.3) is 33.6 Å². The van der Waals surface area contributed by atoms with Crippen molar-refractivity contribution in [1.29, 1.82) is 0 Å². The minimum absolute atomic E-state index is 0.143. The first kappa shape index (κ1) is 22.3. The highest BCUT2D eigenvalue weighted by atomic mass is 16.5. The molecule has 1 saturated carbocycles. The number of imidazole rings is 1. The quantitative estimate of drug-likeness (QED) is 0.277. The molecular weight excluding hydrogens is 426 g/mol. The Morgan fingerprint density at radius 2 is 2.00 bits per heavy atom. The van der Waals surface area contributed by atoms with Crippen molar-refractivity contribution in [3.8, 4) is 11.5 Å². The highest BCUT2D eigenvalue weighted by molar-refractivity contribution is 5.95. The highest BCUT2D eigenvalue weighted by Crippen LogP contribution is 2.42. The molecule has 2 N–H and O–H groups in total. The van der Waals surface area contributed by atoms with Crippen LogP contribution in [-0.2, 0) is 11.3 Å². The average molecular weight is 458 g/mol. The zero-order valence-corrected chi connectivity index (χ0v) is 20.0. The number of esters is 1. The third-order valence-electron chi connectivity index (χ3n) is 6.20. The summed E-state index contributed by atoms with van der Waals surface area (Å²) in [6, 6.07) is 12.2. The number of carbonyl (C=O) groups excluding carboxylic acids is 1. The van der Waals surface area contributed by atoms with Crippen molar-refractivity contribution >= 4 is 28.0 Å². The summed E-state index contributed by atoms with van der Waals surface area (Å²) in [5.41, 5.74) is 11.2. The van der Waals surface area contributed by atoms with E-state index >= 15 is 0 Å². The molecule has 0 unspecified atom stereocenters. The first-order chi connectivity index (χ1) is 16.4. The number of benzene rings is 1. The predicted molar refractivity (Wildman–Crippen MR) is 135 cm³/mol. The second kappa shape index (κ2) is 8.72. The maximum absolute atomic E-state index is 12.5. The van der Waals surface area contributed by atoms with Gasteiger partial charge < -0.3 is 19.6 Å². The van der Waals surface area contributed by atoms with Gasteiger partial charge in [-0.2, -0.15) is 0 Å². The van der Waals surface area contributed by atoms with Gasteiger partial charge in [-0.1, -0.05) is 6.08 Å². The normalized spacial score (nSPS) is 14.7. The van der Waals surface area contributed by atoms with Crippen molar-refractivity contribution in [1.82, 2.24) is 19.1 Å². The summed E-state index contributed by atoms with van der Waals surface area (Å²) < 4.78 is 9.93. The van der Waals surface area contributed by atoms with Crippen LogP contribution in [0.4, 0.5) is 0 Å². The molecule has 5 rings (SSSR count). The molecule has 34 heavy (non-hydrogen) atoms. The maximum Gasteiger partial charge on any atom is 0.338 e. The van der Waals surface area contributed by atoms with Crippen LogP contribution in [0.3, 0.4) is 0 Å². The minimum atomic E-state index is -0.327. The van der Waals surface area contributed by atoms with Gasteiger partial charge in [-0.25, -0.2) is 14.8 Å². The second-order valence-electron chi connectivity index (χ2n) is 9.39. The lowest BCUT2D eigenvalue weighted by atomic mass is 10.2. The highest BCUT2D eigenvalue weighted by Gasteiger charge is 2.30. The lowest BCUT2D eigenvalue weighted by Gasteiger charge is -2.12. The number of fused-ring (bicyclic) bond motifs is 2. The van der Waals surface area contributed by atoms with Crippen LogP contribution in [0.2, 0.25) is 0 Å². The van der Waals surface area contributed by atoms with Gasteiger partial charge >= 0.3 is 5.97 Å². The van der Waals surface area contributed by atoms with Gasteiger partial charge in [-0.15, -0.1) is 6.58 Å². The van der Waals surface area contributed by atoms with E-state index in [1.54, 1.807) is 0 Å². The fourth-order valence-electron chi connectivity index (χ4n) is 4.42. The van der Waals surface area contributed by atoms with E-state index in [1.807, 2.05) is 51.1 Å². The van der Waals surface area contributed by atoms with Gasteiger partial charge in [0.05, 0.1) is 34.1 Å². The van der Waals surface area contributed by atoms with Gasteiger partial charge in [0, 0.05) is 24.0 Å². The van der Waals surface area contributed by atoms with Gasteiger partial charge in [0.2, 0.25) is 0 Å². The van der Waals surface area contributed by atoms with Gasteiger partial charge in [0.25, 0.3) is 0 Å². The topological polar surface area (TPSA) is 88.0 Å². The number of hydrogen-bond donors (Lipinski definition) is 1. The SMILES string of the molecule is C=CCCn1c(-c2nc3cc(C(=O)OC(C)C)ccc3n2C2CC2)cc2ccc([C@@H](C)N)nc21. The van der Waals surface area contributed by atoms with E-state index in [4.69, 9.17) is 20.4 Å². The predicted octanol–water partition coefficient (Wildman–Crippen LogP) is 5.55. The number of nitrogens with zero attached hydrogens (tertiary/aromatic N) is 4. The largest absolute Gasteiger partial charge is 0.459 e. The molecule has 0 aliphatic heterocycles. The third kappa shape index (κ3) is 4.01. The van der Waals surface area contributed by atoms with Crippen molar-refractivity contribution in [2.75, 3.05) is 0 Å². The molecule has 176 valence electrons. The molecule has 3 heterocycles. The summed E-state index contributed by atoms with van der Waals surface area (Å²) in [6.45, 7) is 10.3. The number of rotatable bonds is 8. The summed E-state index contributed by atoms with van der Waals surface area (Å²) in [7, 11) is 0. The number of nitrogens with two attached hydrogens (primary N) is 1. The van der Waals surface area contributed by atoms with Crippen LogP contribution >= 0.6 is 0 Å². The summed E-state index contributed by atoms with van der Waals surface area (Å²) in [6.07, 6.45) is 4.81. The number of aromatic nitrogens is 4. The van der Waals surface area contributed by atoms with Gasteiger partial charge in [0.1, 0.15) is 5.65 Å². The van der Waals surface area contributed by atoms with Crippen LogP contribution < -0.4 is 5.73 Å². The lowest BCUT2D eigenvalue weighted by molar-refractivity contribution is 0.0378. The number of ether oxygens (including phenoxy) is 1. The van der Waals surface area contributed by atoms with E-state index in [1.165, 1.54) is 0 Å². The molecule has 0 spiro atoms. The monoisotopic (exact) mass is 457 g/mol. The Balaban J connectivity index is 1.69. The van der Waals surface area contributed by atoms with Crippen molar-refractivity contribution < 1.29 is 9.53 Å². The maximum atomic E-state index is 12.5. The summed E-state index contributed by atoms with van der Waals surface area (Å²) >= 11 is 0. The number of pyridine rings is 1. The zero-order chi connectivity index (χ0) is 24.0. The Labute approximate surface area is 199 Å². The van der Waals surface area contributed by atoms with Crippen LogP contribution in [0.15, 0.2) is 49.1 Å². The zero-order valence-electron chi connectivity index (χ0n) is 20.0. The van der Waals surface area contributed by atoms with Crippen LogP contribution in [0.5, 0.6) is 0 Å². The Morgan fingerprint density at radius 1 is 1.21 bits per heavy atom. The number of carbonyl (C=O) groups is 1. The molecule has 0 bridgehead atoms. The Kier molecular flexibility index (Phi) is 5.73. The van der Waals surface area contributed by atoms with E-state index in [2.05, 4.69) is 27.8 Å². The molecule has 1 fully saturated rings. The van der Waals surface area contributed by atoms with Crippen molar-refractivity contribution in [3.05, 3.63) is 60.3 Å². The van der Waals surface area contributed by atoms with E-state index in [0.29, 0.717) is 11.6 Å². The fraction of sp³-hybridized carbons (Fsp3) is 0.370. The van der Waals surface area contributed by atoms with Gasteiger partial charge in [-0.3, -0.25) is 0 Å².